The molecule has 1 aromatic rings. The Morgan fingerprint density at radius 2 is 2.00 bits per heavy atom. The van der Waals surface area contributed by atoms with E-state index in [4.69, 9.17) is 0 Å². The molecule has 2 N–H and O–H groups in total. The first kappa shape index (κ1) is 18.6. The van der Waals surface area contributed by atoms with Crippen molar-refractivity contribution in [2.75, 3.05) is 18.9 Å². The standard InChI is InChI=1S/C20H24N4O4/c1-23-9-3-2-4-15(23)18(26)21-13-6-5-12-11-24(20(28)14(12)10-13)16-7-8-17(25)22-19(16)27/h5-6,10,15-16H,2-4,7-9,11H2,1H3,(H,21,26)(H,22,25,27)/t15-,16?/m1/s1. The minimum absolute atomic E-state index is 0.0605. The lowest BCUT2D eigenvalue weighted by atomic mass is 10.0. The fraction of sp³-hybridized carbons (Fsp3) is 0.500. The van der Waals surface area contributed by atoms with E-state index in [0.29, 0.717) is 24.2 Å². The number of anilines is 1. The van der Waals surface area contributed by atoms with Crippen LogP contribution in [0.2, 0.25) is 0 Å². The zero-order chi connectivity index (χ0) is 19.8. The van der Waals surface area contributed by atoms with E-state index in [-0.39, 0.29) is 30.2 Å². The number of carbonyl (C=O) groups is 4. The van der Waals surface area contributed by atoms with Crippen molar-refractivity contribution in [2.24, 2.45) is 0 Å². The van der Waals surface area contributed by atoms with Crippen LogP contribution in [0.5, 0.6) is 0 Å². The van der Waals surface area contributed by atoms with Crippen molar-refractivity contribution in [1.82, 2.24) is 15.1 Å². The molecule has 0 saturated carbocycles. The summed E-state index contributed by atoms with van der Waals surface area (Å²) in [5.74, 6) is -1.03. The number of piperidine rings is 2. The summed E-state index contributed by atoms with van der Waals surface area (Å²) in [6, 6.07) is 4.51. The molecule has 0 spiro atoms. The third kappa shape index (κ3) is 3.40. The summed E-state index contributed by atoms with van der Waals surface area (Å²) >= 11 is 0. The zero-order valence-electron chi connectivity index (χ0n) is 15.9. The molecule has 0 aliphatic carbocycles. The van der Waals surface area contributed by atoms with Gasteiger partial charge in [0.05, 0.1) is 6.04 Å². The van der Waals surface area contributed by atoms with E-state index in [1.807, 2.05) is 13.1 Å². The highest BCUT2D eigenvalue weighted by atomic mass is 16.2. The van der Waals surface area contributed by atoms with Gasteiger partial charge in [0.1, 0.15) is 6.04 Å². The summed E-state index contributed by atoms with van der Waals surface area (Å²) in [6.45, 7) is 1.24. The Labute approximate surface area is 163 Å². The monoisotopic (exact) mass is 384 g/mol. The van der Waals surface area contributed by atoms with Gasteiger partial charge < -0.3 is 10.2 Å². The zero-order valence-corrected chi connectivity index (χ0v) is 15.9. The summed E-state index contributed by atoms with van der Waals surface area (Å²) in [6.07, 6.45) is 3.53. The normalized spacial score (nSPS) is 25.5. The number of amides is 4. The SMILES string of the molecule is CN1CCCC[C@@H]1C(=O)Nc1ccc2c(c1)C(=O)N(C1CCC(=O)NC1=O)C2. The maximum Gasteiger partial charge on any atom is 0.255 e. The predicted octanol–water partition coefficient (Wildman–Crippen LogP) is 0.870. The van der Waals surface area contributed by atoms with Gasteiger partial charge in [-0.25, -0.2) is 0 Å². The van der Waals surface area contributed by atoms with Gasteiger partial charge in [-0.05, 0) is 50.6 Å². The molecule has 0 aromatic heterocycles. The molecule has 1 unspecified atom stereocenters. The number of likely N-dealkylation sites (N-methyl/N-ethyl adjacent to an activating group) is 1. The fourth-order valence-corrected chi connectivity index (χ4v) is 4.26. The van der Waals surface area contributed by atoms with Crippen molar-refractivity contribution in [2.45, 2.75) is 50.7 Å². The van der Waals surface area contributed by atoms with Crippen molar-refractivity contribution in [3.8, 4) is 0 Å². The van der Waals surface area contributed by atoms with E-state index >= 15 is 0 Å². The van der Waals surface area contributed by atoms with E-state index < -0.39 is 11.9 Å². The van der Waals surface area contributed by atoms with Gasteiger partial charge >= 0.3 is 0 Å². The lowest BCUT2D eigenvalue weighted by Gasteiger charge is -2.31. The number of benzene rings is 1. The number of nitrogens with one attached hydrogen (secondary N) is 2. The van der Waals surface area contributed by atoms with Gasteiger partial charge in [-0.1, -0.05) is 12.5 Å². The van der Waals surface area contributed by atoms with E-state index in [1.165, 1.54) is 4.90 Å². The van der Waals surface area contributed by atoms with Gasteiger partial charge in [0, 0.05) is 24.2 Å². The number of rotatable bonds is 3. The highest BCUT2D eigenvalue weighted by molar-refractivity contribution is 6.06. The largest absolute Gasteiger partial charge is 0.325 e. The van der Waals surface area contributed by atoms with Crippen LogP contribution in [-0.4, -0.2) is 59.1 Å². The Bertz CT molecular complexity index is 853. The lowest BCUT2D eigenvalue weighted by Crippen LogP contribution is -2.52. The third-order valence-electron chi connectivity index (χ3n) is 5.87. The molecule has 2 atom stereocenters. The Morgan fingerprint density at radius 1 is 1.18 bits per heavy atom. The first-order valence-corrected chi connectivity index (χ1v) is 9.73. The quantitative estimate of drug-likeness (QED) is 0.754. The summed E-state index contributed by atoms with van der Waals surface area (Å²) < 4.78 is 0. The molecule has 8 heteroatoms. The van der Waals surface area contributed by atoms with Gasteiger partial charge in [-0.15, -0.1) is 0 Å². The molecule has 3 heterocycles. The molecule has 4 rings (SSSR count). The van der Waals surface area contributed by atoms with Crippen LogP contribution < -0.4 is 10.6 Å². The molecule has 2 saturated heterocycles. The lowest BCUT2D eigenvalue weighted by molar-refractivity contribution is -0.137. The van der Waals surface area contributed by atoms with E-state index in [9.17, 15) is 19.2 Å². The number of hydrogen-bond acceptors (Lipinski definition) is 5. The van der Waals surface area contributed by atoms with Crippen LogP contribution in [0.25, 0.3) is 0 Å². The first-order chi connectivity index (χ1) is 13.4. The minimum Gasteiger partial charge on any atom is -0.325 e. The minimum atomic E-state index is -0.633. The molecule has 0 bridgehead atoms. The van der Waals surface area contributed by atoms with Crippen molar-refractivity contribution in [3.05, 3.63) is 29.3 Å². The molecule has 1 aromatic carbocycles. The number of nitrogens with zero attached hydrogens (tertiary/aromatic N) is 2. The fourth-order valence-electron chi connectivity index (χ4n) is 4.26. The Hall–Kier alpha value is -2.74. The number of imide groups is 1. The molecule has 4 amide bonds. The van der Waals surface area contributed by atoms with Gasteiger partial charge in [0.15, 0.2) is 0 Å². The van der Waals surface area contributed by atoms with Gasteiger partial charge in [0.25, 0.3) is 5.91 Å². The van der Waals surface area contributed by atoms with E-state index in [1.54, 1.807) is 12.1 Å². The second-order valence-electron chi connectivity index (χ2n) is 7.75. The third-order valence-corrected chi connectivity index (χ3v) is 5.87. The van der Waals surface area contributed by atoms with Crippen molar-refractivity contribution >= 4 is 29.3 Å². The Balaban J connectivity index is 1.48. The summed E-state index contributed by atoms with van der Waals surface area (Å²) in [5.41, 5.74) is 1.91. The maximum absolute atomic E-state index is 12.9. The van der Waals surface area contributed by atoms with Crippen molar-refractivity contribution < 1.29 is 19.2 Å². The molecule has 148 valence electrons. The maximum atomic E-state index is 12.9. The van der Waals surface area contributed by atoms with Crippen LogP contribution in [0, 0.1) is 0 Å². The molecule has 3 aliphatic heterocycles. The average Bonchev–Trinajstić information content (AvgIpc) is 2.98. The summed E-state index contributed by atoms with van der Waals surface area (Å²) in [4.78, 5) is 52.5. The van der Waals surface area contributed by atoms with E-state index in [2.05, 4.69) is 15.5 Å². The molecule has 2 fully saturated rings. The Kier molecular flexibility index (Phi) is 4.89. The smallest absolute Gasteiger partial charge is 0.255 e. The van der Waals surface area contributed by atoms with Gasteiger partial charge in [-0.2, -0.15) is 0 Å². The molecular weight excluding hydrogens is 360 g/mol. The predicted molar refractivity (Wildman–Crippen MR) is 101 cm³/mol. The van der Waals surface area contributed by atoms with Crippen LogP contribution in [0.3, 0.4) is 0 Å². The molecule has 0 radical (unpaired) electrons. The second kappa shape index (κ2) is 7.35. The summed E-state index contributed by atoms with van der Waals surface area (Å²) in [7, 11) is 1.95. The van der Waals surface area contributed by atoms with Crippen LogP contribution in [0.1, 0.15) is 48.0 Å². The van der Waals surface area contributed by atoms with Gasteiger partial charge in [0.2, 0.25) is 17.7 Å². The molecule has 8 nitrogen and oxygen atoms in total. The topological polar surface area (TPSA) is 98.8 Å². The van der Waals surface area contributed by atoms with Crippen LogP contribution >= 0.6 is 0 Å². The first-order valence-electron chi connectivity index (χ1n) is 9.73. The van der Waals surface area contributed by atoms with Crippen molar-refractivity contribution in [3.63, 3.8) is 0 Å². The van der Waals surface area contributed by atoms with E-state index in [0.717, 1.165) is 31.4 Å². The van der Waals surface area contributed by atoms with Crippen LogP contribution in [0.4, 0.5) is 5.69 Å². The molecular formula is C20H24N4O4. The highest BCUT2D eigenvalue weighted by Crippen LogP contribution is 2.29. The highest BCUT2D eigenvalue weighted by Gasteiger charge is 2.39. The molecule has 3 aliphatic rings. The number of fused-ring (bicyclic) bond motifs is 1. The van der Waals surface area contributed by atoms with Crippen LogP contribution in [0.15, 0.2) is 18.2 Å². The Morgan fingerprint density at radius 3 is 2.75 bits per heavy atom. The average molecular weight is 384 g/mol. The van der Waals surface area contributed by atoms with Gasteiger partial charge in [-0.3, -0.25) is 29.4 Å². The number of likely N-dealkylation sites (tertiary alicyclic amines) is 1. The van der Waals surface area contributed by atoms with Crippen molar-refractivity contribution in [1.29, 1.82) is 0 Å². The second-order valence-corrected chi connectivity index (χ2v) is 7.75. The van der Waals surface area contributed by atoms with Crippen LogP contribution in [-0.2, 0) is 20.9 Å². The molecule has 28 heavy (non-hydrogen) atoms. The number of carbonyl (C=O) groups excluding carboxylic acids is 4. The summed E-state index contributed by atoms with van der Waals surface area (Å²) in [5, 5.41) is 5.22. The number of hydrogen-bond donors (Lipinski definition) is 2.